The zero-order valence-electron chi connectivity index (χ0n) is 20.1. The fourth-order valence-electron chi connectivity index (χ4n) is 4.38. The van der Waals surface area contributed by atoms with Gasteiger partial charge in [0.2, 0.25) is 0 Å². The van der Waals surface area contributed by atoms with E-state index in [1.54, 1.807) is 18.3 Å². The number of halogens is 3. The van der Waals surface area contributed by atoms with E-state index < -0.39 is 11.6 Å². The molecule has 0 bridgehead atoms. The Balaban J connectivity index is 1.28. The van der Waals surface area contributed by atoms with Gasteiger partial charge < -0.3 is 20.3 Å². The van der Waals surface area contributed by atoms with Crippen LogP contribution in [0.2, 0.25) is 5.02 Å². The molecule has 0 atom stereocenters. The van der Waals surface area contributed by atoms with Crippen LogP contribution in [0.1, 0.15) is 15.9 Å². The molecule has 37 heavy (non-hydrogen) atoms. The summed E-state index contributed by atoms with van der Waals surface area (Å²) in [4.78, 5) is 25.9. The van der Waals surface area contributed by atoms with Gasteiger partial charge in [-0.05, 0) is 24.3 Å². The number of morpholine rings is 1. The molecule has 2 aromatic carbocycles. The summed E-state index contributed by atoms with van der Waals surface area (Å²) >= 11 is 6.05. The summed E-state index contributed by atoms with van der Waals surface area (Å²) in [6.45, 7) is 5.70. The highest BCUT2D eigenvalue weighted by molar-refractivity contribution is 6.31. The zero-order chi connectivity index (χ0) is 25.8. The van der Waals surface area contributed by atoms with Gasteiger partial charge in [0.25, 0.3) is 5.91 Å². The van der Waals surface area contributed by atoms with Gasteiger partial charge in [-0.3, -0.25) is 9.69 Å². The number of ether oxygens (including phenoxy) is 1. The summed E-state index contributed by atoms with van der Waals surface area (Å²) < 4.78 is 33.7. The summed E-state index contributed by atoms with van der Waals surface area (Å²) in [5.41, 5.74) is 2.00. The lowest BCUT2D eigenvalue weighted by Gasteiger charge is -2.30. The molecule has 0 unspecified atom stereocenters. The highest BCUT2D eigenvalue weighted by atomic mass is 35.5. The maximum Gasteiger partial charge on any atom is 0.251 e. The normalized spacial score (nSPS) is 15.7. The largest absolute Gasteiger partial charge is 0.379 e. The number of anilines is 2. The number of amides is 1. The molecule has 2 aliphatic heterocycles. The van der Waals surface area contributed by atoms with Crippen LogP contribution < -0.4 is 15.5 Å². The molecule has 8 nitrogen and oxygen atoms in total. The SMILES string of the molecule is O=C(NCCN1CCOCC1)c1ccc(-c2cnc3c(n2)N(Cc2c(F)ccc(F)c2Cl)CCN3)cc1. The summed E-state index contributed by atoms with van der Waals surface area (Å²) in [6, 6.07) is 9.21. The van der Waals surface area contributed by atoms with Crippen LogP contribution in [0.25, 0.3) is 11.3 Å². The number of benzene rings is 2. The van der Waals surface area contributed by atoms with Gasteiger partial charge in [0, 0.05) is 62.5 Å². The van der Waals surface area contributed by atoms with Crippen LogP contribution >= 0.6 is 11.6 Å². The van der Waals surface area contributed by atoms with Crippen LogP contribution in [0.5, 0.6) is 0 Å². The van der Waals surface area contributed by atoms with Crippen LogP contribution in [-0.4, -0.2) is 73.3 Å². The molecule has 3 heterocycles. The van der Waals surface area contributed by atoms with Crippen LogP contribution in [0.3, 0.4) is 0 Å². The highest BCUT2D eigenvalue weighted by Crippen LogP contribution is 2.32. The lowest BCUT2D eigenvalue weighted by Crippen LogP contribution is -2.41. The molecular formula is C26H27ClF2N6O2. The molecule has 3 aromatic rings. The fraction of sp³-hybridized carbons (Fsp3) is 0.346. The first-order chi connectivity index (χ1) is 18.0. The standard InChI is InChI=1S/C26H27ClF2N6O2/c27-23-19(20(28)5-6-21(23)29)16-35-10-8-30-24-25(35)33-22(15-32-24)17-1-3-18(4-2-17)26(36)31-7-9-34-11-13-37-14-12-34/h1-6,15H,7-14,16H2,(H,30,32)(H,31,36). The minimum atomic E-state index is -0.668. The van der Waals surface area contributed by atoms with Gasteiger partial charge >= 0.3 is 0 Å². The second-order valence-electron chi connectivity index (χ2n) is 8.88. The maximum atomic E-state index is 14.4. The summed E-state index contributed by atoms with van der Waals surface area (Å²) in [7, 11) is 0. The Hall–Kier alpha value is -3.34. The number of carbonyl (C=O) groups excluding carboxylic acids is 1. The van der Waals surface area contributed by atoms with Crippen molar-refractivity contribution < 1.29 is 18.3 Å². The number of nitrogens with zero attached hydrogens (tertiary/aromatic N) is 4. The Morgan fingerprint density at radius 3 is 2.62 bits per heavy atom. The van der Waals surface area contributed by atoms with E-state index in [-0.39, 0.29) is 23.0 Å². The Morgan fingerprint density at radius 1 is 1.08 bits per heavy atom. The van der Waals surface area contributed by atoms with E-state index in [0.29, 0.717) is 42.5 Å². The topological polar surface area (TPSA) is 82.6 Å². The monoisotopic (exact) mass is 528 g/mol. The van der Waals surface area contributed by atoms with Gasteiger partial charge in [-0.1, -0.05) is 23.7 Å². The Labute approximate surface area is 218 Å². The third kappa shape index (κ3) is 5.82. The summed E-state index contributed by atoms with van der Waals surface area (Å²) in [5.74, 6) is -0.304. The molecule has 5 rings (SSSR count). The highest BCUT2D eigenvalue weighted by Gasteiger charge is 2.23. The number of hydrogen-bond acceptors (Lipinski definition) is 7. The Kier molecular flexibility index (Phi) is 7.78. The quantitative estimate of drug-likeness (QED) is 0.454. The smallest absolute Gasteiger partial charge is 0.251 e. The number of fused-ring (bicyclic) bond motifs is 1. The van der Waals surface area contributed by atoms with Gasteiger partial charge in [0.05, 0.1) is 30.1 Å². The molecule has 1 amide bonds. The lowest BCUT2D eigenvalue weighted by atomic mass is 10.1. The first-order valence-corrected chi connectivity index (χ1v) is 12.5. The third-order valence-electron chi connectivity index (χ3n) is 6.48. The van der Waals surface area contributed by atoms with E-state index in [9.17, 15) is 13.6 Å². The molecule has 0 saturated carbocycles. The minimum Gasteiger partial charge on any atom is -0.379 e. The van der Waals surface area contributed by atoms with Crippen molar-refractivity contribution in [2.24, 2.45) is 0 Å². The van der Waals surface area contributed by atoms with Gasteiger partial charge in [-0.25, -0.2) is 18.7 Å². The number of hydrogen-bond donors (Lipinski definition) is 2. The summed E-state index contributed by atoms with van der Waals surface area (Å²) in [5, 5.41) is 5.91. The third-order valence-corrected chi connectivity index (χ3v) is 6.88. The molecule has 1 saturated heterocycles. The van der Waals surface area contributed by atoms with Crippen LogP contribution in [0.15, 0.2) is 42.6 Å². The Morgan fingerprint density at radius 2 is 1.84 bits per heavy atom. The van der Waals surface area contributed by atoms with E-state index in [4.69, 9.17) is 21.3 Å². The second-order valence-corrected chi connectivity index (χ2v) is 9.26. The molecule has 0 radical (unpaired) electrons. The molecule has 2 aliphatic rings. The van der Waals surface area contributed by atoms with Crippen molar-refractivity contribution in [2.75, 3.05) is 62.7 Å². The first kappa shape index (κ1) is 25.3. The molecule has 1 fully saturated rings. The van der Waals surface area contributed by atoms with Crippen molar-refractivity contribution in [3.63, 3.8) is 0 Å². The Bertz CT molecular complexity index is 1270. The predicted molar refractivity (Wildman–Crippen MR) is 138 cm³/mol. The van der Waals surface area contributed by atoms with Crippen LogP contribution in [0, 0.1) is 11.6 Å². The van der Waals surface area contributed by atoms with E-state index >= 15 is 0 Å². The number of aromatic nitrogens is 2. The van der Waals surface area contributed by atoms with Gasteiger partial charge in [0.1, 0.15) is 11.6 Å². The van der Waals surface area contributed by atoms with Gasteiger partial charge in [-0.15, -0.1) is 0 Å². The molecule has 194 valence electrons. The van der Waals surface area contributed by atoms with Crippen LogP contribution in [-0.2, 0) is 11.3 Å². The van der Waals surface area contributed by atoms with Gasteiger partial charge in [0.15, 0.2) is 11.6 Å². The van der Waals surface area contributed by atoms with E-state index in [2.05, 4.69) is 20.5 Å². The fourth-order valence-corrected chi connectivity index (χ4v) is 4.60. The van der Waals surface area contributed by atoms with Crippen molar-refractivity contribution in [1.29, 1.82) is 0 Å². The molecule has 2 N–H and O–H groups in total. The molecule has 0 spiro atoms. The van der Waals surface area contributed by atoms with E-state index in [0.717, 1.165) is 50.5 Å². The van der Waals surface area contributed by atoms with Gasteiger partial charge in [-0.2, -0.15) is 0 Å². The van der Waals surface area contributed by atoms with E-state index in [1.807, 2.05) is 17.0 Å². The minimum absolute atomic E-state index is 0.0544. The second kappa shape index (κ2) is 11.4. The van der Waals surface area contributed by atoms with Crippen LogP contribution in [0.4, 0.5) is 20.4 Å². The van der Waals surface area contributed by atoms with E-state index in [1.165, 1.54) is 0 Å². The number of rotatable bonds is 7. The van der Waals surface area contributed by atoms with Crippen molar-refractivity contribution in [2.45, 2.75) is 6.54 Å². The van der Waals surface area contributed by atoms with Crippen molar-refractivity contribution >= 4 is 29.1 Å². The summed E-state index contributed by atoms with van der Waals surface area (Å²) in [6.07, 6.45) is 1.64. The molecular weight excluding hydrogens is 502 g/mol. The first-order valence-electron chi connectivity index (χ1n) is 12.2. The number of nitrogens with one attached hydrogen (secondary N) is 2. The molecule has 0 aliphatic carbocycles. The molecule has 1 aromatic heterocycles. The zero-order valence-corrected chi connectivity index (χ0v) is 20.9. The maximum absolute atomic E-state index is 14.4. The van der Waals surface area contributed by atoms with Crippen molar-refractivity contribution in [3.05, 3.63) is 70.4 Å². The molecule has 11 heteroatoms. The lowest BCUT2D eigenvalue weighted by molar-refractivity contribution is 0.0383. The average molecular weight is 529 g/mol. The van der Waals surface area contributed by atoms with Crippen molar-refractivity contribution in [3.8, 4) is 11.3 Å². The average Bonchev–Trinajstić information content (AvgIpc) is 2.93. The number of carbonyl (C=O) groups is 1. The predicted octanol–water partition coefficient (Wildman–Crippen LogP) is 3.57. The van der Waals surface area contributed by atoms with Crippen molar-refractivity contribution in [1.82, 2.24) is 20.2 Å².